The molecule has 0 N–H and O–H groups in total. The molecule has 0 unspecified atom stereocenters. The van der Waals surface area contributed by atoms with Crippen LogP contribution in [0.1, 0.15) is 40.0 Å². The first-order valence-corrected chi connectivity index (χ1v) is 4.34. The average molecular weight is 149 g/mol. The van der Waals surface area contributed by atoms with E-state index in [2.05, 4.69) is 26.8 Å². The SMILES string of the molecule is CC(C)(C)C12CC(C#N)(C1)C2. The van der Waals surface area contributed by atoms with Crippen LogP contribution in [-0.2, 0) is 0 Å². The second-order valence-corrected chi connectivity index (χ2v) is 5.45. The number of hydrogen-bond acceptors (Lipinski definition) is 1. The fourth-order valence-corrected chi connectivity index (χ4v) is 2.70. The van der Waals surface area contributed by atoms with Crippen molar-refractivity contribution in [2.75, 3.05) is 0 Å². The number of nitriles is 1. The molecule has 3 aliphatic carbocycles. The second kappa shape index (κ2) is 1.48. The third-order valence-corrected chi connectivity index (χ3v) is 3.86. The summed E-state index contributed by atoms with van der Waals surface area (Å²) in [5.74, 6) is 0. The van der Waals surface area contributed by atoms with Crippen molar-refractivity contribution in [2.45, 2.75) is 40.0 Å². The molecule has 2 bridgehead atoms. The summed E-state index contributed by atoms with van der Waals surface area (Å²) in [5.41, 5.74) is 1.10. The summed E-state index contributed by atoms with van der Waals surface area (Å²) in [6, 6.07) is 2.44. The molecule has 0 aromatic heterocycles. The monoisotopic (exact) mass is 149 g/mol. The van der Waals surface area contributed by atoms with Gasteiger partial charge in [0, 0.05) is 0 Å². The Morgan fingerprint density at radius 3 is 1.91 bits per heavy atom. The standard InChI is InChI=1S/C10H15N/c1-8(2,3)10-4-9(5-10,6-10)7-11/h4-6H2,1-3H3. The van der Waals surface area contributed by atoms with Gasteiger partial charge >= 0.3 is 0 Å². The Hall–Kier alpha value is -0.510. The molecule has 1 nitrogen and oxygen atoms in total. The molecule has 0 radical (unpaired) electrons. The second-order valence-electron chi connectivity index (χ2n) is 5.45. The van der Waals surface area contributed by atoms with Gasteiger partial charge in [-0.25, -0.2) is 0 Å². The number of hydrogen-bond donors (Lipinski definition) is 0. The van der Waals surface area contributed by atoms with Crippen LogP contribution in [0.2, 0.25) is 0 Å². The summed E-state index contributed by atoms with van der Waals surface area (Å²) in [7, 11) is 0. The zero-order valence-electron chi connectivity index (χ0n) is 7.57. The molecule has 60 valence electrons. The van der Waals surface area contributed by atoms with Crippen LogP contribution in [0.4, 0.5) is 0 Å². The average Bonchev–Trinajstić information content (AvgIpc) is 1.53. The van der Waals surface area contributed by atoms with Crippen LogP contribution in [0.15, 0.2) is 0 Å². The van der Waals surface area contributed by atoms with Crippen LogP contribution in [0, 0.1) is 27.6 Å². The summed E-state index contributed by atoms with van der Waals surface area (Å²) in [6.45, 7) is 6.90. The van der Waals surface area contributed by atoms with E-state index in [1.165, 1.54) is 19.3 Å². The van der Waals surface area contributed by atoms with Gasteiger partial charge in [0.2, 0.25) is 0 Å². The number of nitrogens with zero attached hydrogens (tertiary/aromatic N) is 1. The van der Waals surface area contributed by atoms with Crippen molar-refractivity contribution in [1.29, 1.82) is 5.26 Å². The zero-order chi connectivity index (χ0) is 8.33. The summed E-state index contributed by atoms with van der Waals surface area (Å²) < 4.78 is 0. The first kappa shape index (κ1) is 7.16. The van der Waals surface area contributed by atoms with Crippen molar-refractivity contribution < 1.29 is 0 Å². The van der Waals surface area contributed by atoms with Crippen molar-refractivity contribution in [3.63, 3.8) is 0 Å². The molecule has 0 aromatic carbocycles. The van der Waals surface area contributed by atoms with Crippen LogP contribution < -0.4 is 0 Å². The third kappa shape index (κ3) is 0.612. The van der Waals surface area contributed by atoms with Crippen molar-refractivity contribution in [1.82, 2.24) is 0 Å². The molecule has 0 atom stereocenters. The fourth-order valence-electron chi connectivity index (χ4n) is 2.70. The third-order valence-electron chi connectivity index (χ3n) is 3.86. The molecule has 0 aromatic rings. The van der Waals surface area contributed by atoms with Crippen LogP contribution in [0.5, 0.6) is 0 Å². The Kier molecular flexibility index (Phi) is 0.964. The van der Waals surface area contributed by atoms with Crippen LogP contribution in [0.3, 0.4) is 0 Å². The molecule has 3 aliphatic rings. The lowest BCUT2D eigenvalue weighted by atomic mass is 9.30. The minimum absolute atomic E-state index is 0.132. The highest BCUT2D eigenvalue weighted by atomic mass is 14.7. The fraction of sp³-hybridized carbons (Fsp3) is 0.900. The van der Waals surface area contributed by atoms with Gasteiger partial charge in [-0.15, -0.1) is 0 Å². The van der Waals surface area contributed by atoms with Gasteiger partial charge in [0.15, 0.2) is 0 Å². The molecular weight excluding hydrogens is 134 g/mol. The maximum Gasteiger partial charge on any atom is 0.0690 e. The van der Waals surface area contributed by atoms with E-state index in [1.807, 2.05) is 0 Å². The lowest BCUT2D eigenvalue weighted by Crippen LogP contribution is -2.66. The molecular formula is C10H15N. The van der Waals surface area contributed by atoms with Crippen molar-refractivity contribution in [2.24, 2.45) is 16.2 Å². The number of rotatable bonds is 0. The quantitative estimate of drug-likeness (QED) is 0.519. The zero-order valence-corrected chi connectivity index (χ0v) is 7.57. The largest absolute Gasteiger partial charge is 0.198 e. The normalized spacial score (nSPS) is 47.1. The summed E-state index contributed by atoms with van der Waals surface area (Å²) in [6.07, 6.45) is 3.50. The predicted octanol–water partition coefficient (Wildman–Crippen LogP) is 2.73. The maximum absolute atomic E-state index is 8.81. The van der Waals surface area contributed by atoms with Gasteiger partial charge in [-0.05, 0) is 30.1 Å². The van der Waals surface area contributed by atoms with E-state index in [1.54, 1.807) is 0 Å². The molecule has 0 amide bonds. The lowest BCUT2D eigenvalue weighted by molar-refractivity contribution is -0.226. The molecule has 0 aliphatic heterocycles. The molecule has 3 saturated carbocycles. The Balaban J connectivity index is 2.12. The molecule has 0 heterocycles. The summed E-state index contributed by atoms with van der Waals surface area (Å²) >= 11 is 0. The summed E-state index contributed by atoms with van der Waals surface area (Å²) in [4.78, 5) is 0. The van der Waals surface area contributed by atoms with Gasteiger partial charge in [0.1, 0.15) is 0 Å². The Morgan fingerprint density at radius 2 is 1.64 bits per heavy atom. The van der Waals surface area contributed by atoms with E-state index >= 15 is 0 Å². The Bertz CT molecular complexity index is 219. The first-order valence-electron chi connectivity index (χ1n) is 4.34. The van der Waals surface area contributed by atoms with E-state index < -0.39 is 0 Å². The van der Waals surface area contributed by atoms with E-state index in [9.17, 15) is 0 Å². The van der Waals surface area contributed by atoms with Crippen molar-refractivity contribution in [3.05, 3.63) is 0 Å². The molecule has 3 rings (SSSR count). The highest BCUT2D eigenvalue weighted by molar-refractivity contribution is 5.28. The minimum Gasteiger partial charge on any atom is -0.198 e. The maximum atomic E-state index is 8.81. The first-order chi connectivity index (χ1) is 4.93. The highest BCUT2D eigenvalue weighted by Gasteiger charge is 2.72. The Morgan fingerprint density at radius 1 is 1.18 bits per heavy atom. The van der Waals surface area contributed by atoms with Gasteiger partial charge in [-0.2, -0.15) is 5.26 Å². The topological polar surface area (TPSA) is 23.8 Å². The minimum atomic E-state index is 0.132. The van der Waals surface area contributed by atoms with Gasteiger partial charge in [0.25, 0.3) is 0 Å². The molecule has 3 fully saturated rings. The van der Waals surface area contributed by atoms with E-state index in [-0.39, 0.29) is 5.41 Å². The van der Waals surface area contributed by atoms with E-state index in [4.69, 9.17) is 5.26 Å². The van der Waals surface area contributed by atoms with Gasteiger partial charge < -0.3 is 0 Å². The van der Waals surface area contributed by atoms with Gasteiger partial charge in [-0.3, -0.25) is 0 Å². The van der Waals surface area contributed by atoms with Crippen LogP contribution in [-0.4, -0.2) is 0 Å². The van der Waals surface area contributed by atoms with Crippen molar-refractivity contribution >= 4 is 0 Å². The molecule has 1 heteroatoms. The van der Waals surface area contributed by atoms with E-state index in [0.717, 1.165) is 0 Å². The van der Waals surface area contributed by atoms with Gasteiger partial charge in [0.05, 0.1) is 11.5 Å². The van der Waals surface area contributed by atoms with Crippen LogP contribution >= 0.6 is 0 Å². The van der Waals surface area contributed by atoms with E-state index in [0.29, 0.717) is 10.8 Å². The highest BCUT2D eigenvalue weighted by Crippen LogP contribution is 2.78. The smallest absolute Gasteiger partial charge is 0.0690 e. The Labute approximate surface area is 68.4 Å². The molecule has 0 spiro atoms. The van der Waals surface area contributed by atoms with Crippen molar-refractivity contribution in [3.8, 4) is 6.07 Å². The van der Waals surface area contributed by atoms with Gasteiger partial charge in [-0.1, -0.05) is 20.8 Å². The molecule has 0 saturated heterocycles. The van der Waals surface area contributed by atoms with Crippen LogP contribution in [0.25, 0.3) is 0 Å². The summed E-state index contributed by atoms with van der Waals surface area (Å²) in [5, 5.41) is 8.81. The molecule has 11 heavy (non-hydrogen) atoms. The predicted molar refractivity (Wildman–Crippen MR) is 43.8 cm³/mol. The lowest BCUT2D eigenvalue weighted by Gasteiger charge is -2.72.